The van der Waals surface area contributed by atoms with Crippen LogP contribution in [0.1, 0.15) is 28.9 Å². The lowest BCUT2D eigenvalue weighted by molar-refractivity contribution is 0.509. The SMILES string of the molecule is NC(NC(/C=C/c1ccc(-c2c3ccccc3c(-c3ccccc3)c3ccc4ccccc4c23)cc1)c1ccc2c(c1)-c1cccc3cccc-2c13)c1ccccc1. The van der Waals surface area contributed by atoms with Gasteiger partial charge in [-0.3, -0.25) is 5.32 Å². The third kappa shape index (κ3) is 5.73. The second-order valence-corrected chi connectivity index (χ2v) is 15.4. The Hall–Kier alpha value is -7.10. The number of nitrogens with one attached hydrogen (secondary N) is 1. The van der Waals surface area contributed by atoms with Crippen molar-refractivity contribution in [3.63, 3.8) is 0 Å². The average Bonchev–Trinajstić information content (AvgIpc) is 3.61. The van der Waals surface area contributed by atoms with E-state index in [0.29, 0.717) is 0 Å². The van der Waals surface area contributed by atoms with E-state index in [9.17, 15) is 0 Å². The van der Waals surface area contributed by atoms with Crippen LogP contribution in [0.2, 0.25) is 0 Å². The third-order valence-corrected chi connectivity index (χ3v) is 12.1. The highest BCUT2D eigenvalue weighted by atomic mass is 15.0. The summed E-state index contributed by atoms with van der Waals surface area (Å²) in [6.07, 6.45) is 4.14. The van der Waals surface area contributed by atoms with E-state index < -0.39 is 0 Å². The number of fused-ring (bicyclic) bond motifs is 7. The van der Waals surface area contributed by atoms with E-state index in [4.69, 9.17) is 5.73 Å². The topological polar surface area (TPSA) is 38.0 Å². The summed E-state index contributed by atoms with van der Waals surface area (Å²) in [5.41, 5.74) is 20.3. The summed E-state index contributed by atoms with van der Waals surface area (Å²) < 4.78 is 0. The predicted octanol–water partition coefficient (Wildman–Crippen LogP) is 14.3. The zero-order chi connectivity index (χ0) is 38.6. The monoisotopic (exact) mass is 740 g/mol. The van der Waals surface area contributed by atoms with Gasteiger partial charge < -0.3 is 5.73 Å². The smallest absolute Gasteiger partial charge is 0.0817 e. The Morgan fingerprint density at radius 1 is 0.397 bits per heavy atom. The standard InChI is InChI=1S/C56H40N2/c57-56(41-16-5-2-6-17-41)58-51(42-31-32-44-45-23-11-18-39-19-12-24-48(52(39)45)50(44)35-42)34-27-36-25-28-40(29-26-36)54-47-22-10-9-21-46(47)53(38-14-3-1-4-15-38)49-33-30-37-13-7-8-20-43(37)55(49)54/h1-35,51,56,58H,57H2/b34-27+. The van der Waals surface area contributed by atoms with Crippen molar-refractivity contribution in [2.75, 3.05) is 0 Å². The molecule has 2 heteroatoms. The van der Waals surface area contributed by atoms with Crippen molar-refractivity contribution in [2.45, 2.75) is 12.2 Å². The van der Waals surface area contributed by atoms with Crippen LogP contribution in [0.3, 0.4) is 0 Å². The first-order valence-electron chi connectivity index (χ1n) is 20.1. The van der Waals surface area contributed by atoms with Gasteiger partial charge in [0.15, 0.2) is 0 Å². The molecule has 10 aromatic rings. The minimum absolute atomic E-state index is 0.132. The molecule has 0 radical (unpaired) electrons. The molecule has 2 nitrogen and oxygen atoms in total. The molecule has 0 heterocycles. The van der Waals surface area contributed by atoms with Crippen LogP contribution in [-0.2, 0) is 0 Å². The van der Waals surface area contributed by atoms with Gasteiger partial charge in [-0.2, -0.15) is 0 Å². The van der Waals surface area contributed by atoms with Gasteiger partial charge in [0.2, 0.25) is 0 Å². The van der Waals surface area contributed by atoms with Crippen molar-refractivity contribution in [1.82, 2.24) is 5.32 Å². The van der Waals surface area contributed by atoms with Gasteiger partial charge >= 0.3 is 0 Å². The van der Waals surface area contributed by atoms with E-state index in [0.717, 1.165) is 11.1 Å². The van der Waals surface area contributed by atoms with E-state index in [2.05, 4.69) is 199 Å². The second-order valence-electron chi connectivity index (χ2n) is 15.4. The van der Waals surface area contributed by atoms with E-state index in [1.807, 2.05) is 18.2 Å². The molecule has 0 amide bonds. The molecule has 0 spiro atoms. The molecule has 3 N–H and O–H groups in total. The van der Waals surface area contributed by atoms with E-state index in [1.54, 1.807) is 0 Å². The highest BCUT2D eigenvalue weighted by Gasteiger charge is 2.23. The van der Waals surface area contributed by atoms with E-state index >= 15 is 0 Å². The Bertz CT molecular complexity index is 3190. The van der Waals surface area contributed by atoms with Crippen LogP contribution >= 0.6 is 0 Å². The van der Waals surface area contributed by atoms with Gasteiger partial charge in [0.1, 0.15) is 0 Å². The van der Waals surface area contributed by atoms with Gasteiger partial charge in [0, 0.05) is 0 Å². The minimum Gasteiger partial charge on any atom is -0.312 e. The molecule has 10 aromatic carbocycles. The molecule has 0 bridgehead atoms. The third-order valence-electron chi connectivity index (χ3n) is 12.1. The molecule has 274 valence electrons. The van der Waals surface area contributed by atoms with Gasteiger partial charge in [-0.25, -0.2) is 0 Å². The number of nitrogens with two attached hydrogens (primary N) is 1. The molecule has 0 aromatic heterocycles. The molecular formula is C56H40N2. The number of benzene rings is 10. The predicted molar refractivity (Wildman–Crippen MR) is 246 cm³/mol. The highest BCUT2D eigenvalue weighted by Crippen LogP contribution is 2.49. The number of hydrogen-bond acceptors (Lipinski definition) is 2. The molecule has 2 unspecified atom stereocenters. The summed E-state index contributed by atoms with van der Waals surface area (Å²) in [6.45, 7) is 0. The maximum absolute atomic E-state index is 6.86. The lowest BCUT2D eigenvalue weighted by atomic mass is 9.84. The summed E-state index contributed by atoms with van der Waals surface area (Å²) in [5, 5.41) is 13.9. The van der Waals surface area contributed by atoms with Crippen LogP contribution in [0, 0.1) is 0 Å². The molecule has 11 rings (SSSR count). The van der Waals surface area contributed by atoms with Crippen molar-refractivity contribution in [3.8, 4) is 44.5 Å². The van der Waals surface area contributed by atoms with Crippen LogP contribution in [0.5, 0.6) is 0 Å². The fourth-order valence-corrected chi connectivity index (χ4v) is 9.35. The largest absolute Gasteiger partial charge is 0.312 e. The summed E-state index contributed by atoms with van der Waals surface area (Å²) in [5.74, 6) is 0. The van der Waals surface area contributed by atoms with Crippen LogP contribution in [0.25, 0.3) is 93.7 Å². The van der Waals surface area contributed by atoms with E-state index in [-0.39, 0.29) is 12.2 Å². The zero-order valence-electron chi connectivity index (χ0n) is 31.9. The maximum atomic E-state index is 6.86. The molecule has 0 fully saturated rings. The highest BCUT2D eigenvalue weighted by molar-refractivity contribution is 6.28. The van der Waals surface area contributed by atoms with Gasteiger partial charge in [0.05, 0.1) is 12.2 Å². The molecule has 0 aliphatic heterocycles. The van der Waals surface area contributed by atoms with Gasteiger partial charge in [-0.15, -0.1) is 0 Å². The fourth-order valence-electron chi connectivity index (χ4n) is 9.35. The first-order valence-corrected chi connectivity index (χ1v) is 20.1. The Morgan fingerprint density at radius 3 is 1.78 bits per heavy atom. The van der Waals surface area contributed by atoms with Crippen LogP contribution in [0.4, 0.5) is 0 Å². The summed E-state index contributed by atoms with van der Waals surface area (Å²) in [6, 6.07) is 72.4. The van der Waals surface area contributed by atoms with Crippen molar-refractivity contribution >= 4 is 49.2 Å². The Balaban J connectivity index is 1.01. The van der Waals surface area contributed by atoms with Crippen LogP contribution < -0.4 is 11.1 Å². The van der Waals surface area contributed by atoms with Crippen LogP contribution in [-0.4, -0.2) is 0 Å². The summed E-state index contributed by atoms with van der Waals surface area (Å²) in [4.78, 5) is 0. The molecular weight excluding hydrogens is 701 g/mol. The van der Waals surface area contributed by atoms with E-state index in [1.165, 1.54) is 93.2 Å². The lowest BCUT2D eigenvalue weighted by Crippen LogP contribution is -2.31. The summed E-state index contributed by atoms with van der Waals surface area (Å²) >= 11 is 0. The Morgan fingerprint density at radius 2 is 1.02 bits per heavy atom. The molecule has 1 aliphatic rings. The van der Waals surface area contributed by atoms with Crippen molar-refractivity contribution in [3.05, 3.63) is 223 Å². The van der Waals surface area contributed by atoms with Crippen molar-refractivity contribution in [1.29, 1.82) is 0 Å². The molecule has 58 heavy (non-hydrogen) atoms. The normalized spacial score (nSPS) is 13.1. The summed E-state index contributed by atoms with van der Waals surface area (Å²) in [7, 11) is 0. The molecule has 0 saturated carbocycles. The first-order chi connectivity index (χ1) is 28.7. The van der Waals surface area contributed by atoms with Crippen molar-refractivity contribution in [2.24, 2.45) is 5.73 Å². The quantitative estimate of drug-likeness (QED) is 0.0925. The van der Waals surface area contributed by atoms with Gasteiger partial charge in [-0.05, 0) is 110 Å². The van der Waals surface area contributed by atoms with Gasteiger partial charge in [-0.1, -0.05) is 206 Å². The molecule has 1 aliphatic carbocycles. The van der Waals surface area contributed by atoms with Gasteiger partial charge in [0.25, 0.3) is 0 Å². The molecule has 2 atom stereocenters. The Labute approximate surface area is 338 Å². The maximum Gasteiger partial charge on any atom is 0.0817 e. The fraction of sp³-hybridized carbons (Fsp3) is 0.0357. The lowest BCUT2D eigenvalue weighted by Gasteiger charge is -2.22. The second kappa shape index (κ2) is 14.1. The van der Waals surface area contributed by atoms with Crippen LogP contribution in [0.15, 0.2) is 206 Å². The number of rotatable bonds is 8. The minimum atomic E-state index is -0.345. The zero-order valence-corrected chi connectivity index (χ0v) is 31.9. The number of hydrogen-bond donors (Lipinski definition) is 2. The average molecular weight is 741 g/mol. The first kappa shape index (κ1) is 34.2. The molecule has 0 saturated heterocycles. The van der Waals surface area contributed by atoms with Crippen molar-refractivity contribution < 1.29 is 0 Å². The Kier molecular flexibility index (Phi) is 8.32.